The van der Waals surface area contributed by atoms with Gasteiger partial charge in [-0.2, -0.15) is 13.2 Å². The number of fused-ring (bicyclic) bond motifs is 1. The summed E-state index contributed by atoms with van der Waals surface area (Å²) in [6.07, 6.45) is -3.08. The predicted molar refractivity (Wildman–Crippen MR) is 148 cm³/mol. The molecule has 1 atom stereocenters. The molecule has 0 N–H and O–H groups in total. The molecule has 216 valence electrons. The van der Waals surface area contributed by atoms with Gasteiger partial charge in [-0.1, -0.05) is 12.1 Å². The van der Waals surface area contributed by atoms with E-state index in [9.17, 15) is 22.8 Å². The topological polar surface area (TPSA) is 86.5 Å². The average Bonchev–Trinajstić information content (AvgIpc) is 2.95. The summed E-state index contributed by atoms with van der Waals surface area (Å²) in [7, 11) is 0. The van der Waals surface area contributed by atoms with Crippen LogP contribution in [0.1, 0.15) is 43.8 Å². The molecule has 2 aromatic carbocycles. The maximum Gasteiger partial charge on any atom is 0.416 e. The van der Waals surface area contributed by atoms with Crippen LogP contribution in [0.25, 0.3) is 16.7 Å². The first-order valence-electron chi connectivity index (χ1n) is 13.3. The second kappa shape index (κ2) is 12.9. The first-order valence-corrected chi connectivity index (χ1v) is 13.3. The minimum atomic E-state index is -4.47. The third-order valence-electron chi connectivity index (χ3n) is 6.55. The lowest BCUT2D eigenvalue weighted by molar-refractivity contribution is -0.137. The molecule has 4 aromatic rings. The zero-order chi connectivity index (χ0) is 29.6. The quantitative estimate of drug-likeness (QED) is 0.226. The molecule has 0 aliphatic rings. The van der Waals surface area contributed by atoms with Crippen molar-refractivity contribution in [1.82, 2.24) is 19.4 Å². The fourth-order valence-electron chi connectivity index (χ4n) is 4.49. The molecule has 0 spiro atoms. The highest BCUT2D eigenvalue weighted by Crippen LogP contribution is 2.29. The van der Waals surface area contributed by atoms with Crippen LogP contribution in [-0.4, -0.2) is 51.7 Å². The van der Waals surface area contributed by atoms with Gasteiger partial charge in [-0.05, 0) is 74.9 Å². The fourth-order valence-corrected chi connectivity index (χ4v) is 4.49. The SMILES string of the molecule is CCOCCN(C(=O)Cc1ccc(C(F)(F)F)cc1)C(C)c1nc2ncccc2c(=O)n1-c1ccc(OCC)cc1. The van der Waals surface area contributed by atoms with Gasteiger partial charge >= 0.3 is 6.18 Å². The molecule has 8 nitrogen and oxygen atoms in total. The minimum absolute atomic E-state index is 0.145. The number of pyridine rings is 1. The Morgan fingerprint density at radius 1 is 1.02 bits per heavy atom. The minimum Gasteiger partial charge on any atom is -0.494 e. The highest BCUT2D eigenvalue weighted by Gasteiger charge is 2.31. The number of amides is 1. The van der Waals surface area contributed by atoms with Gasteiger partial charge in [-0.25, -0.2) is 9.97 Å². The van der Waals surface area contributed by atoms with E-state index in [0.29, 0.717) is 35.6 Å². The number of rotatable bonds is 11. The number of benzene rings is 2. The fraction of sp³-hybridized carbons (Fsp3) is 0.333. The van der Waals surface area contributed by atoms with Gasteiger partial charge in [0.25, 0.3) is 5.56 Å². The molecule has 41 heavy (non-hydrogen) atoms. The normalized spacial score (nSPS) is 12.3. The van der Waals surface area contributed by atoms with Gasteiger partial charge in [0.1, 0.15) is 11.6 Å². The lowest BCUT2D eigenvalue weighted by Crippen LogP contribution is -2.40. The number of nitrogens with zero attached hydrogens (tertiary/aromatic N) is 4. The van der Waals surface area contributed by atoms with Gasteiger partial charge < -0.3 is 14.4 Å². The van der Waals surface area contributed by atoms with E-state index in [4.69, 9.17) is 14.5 Å². The number of halogens is 3. The molecule has 0 bridgehead atoms. The van der Waals surface area contributed by atoms with Crippen LogP contribution in [0.15, 0.2) is 71.7 Å². The summed E-state index contributed by atoms with van der Waals surface area (Å²) < 4.78 is 51.6. The smallest absolute Gasteiger partial charge is 0.416 e. The third kappa shape index (κ3) is 6.91. The van der Waals surface area contributed by atoms with Gasteiger partial charge in [-0.15, -0.1) is 0 Å². The van der Waals surface area contributed by atoms with Crippen LogP contribution in [0, 0.1) is 0 Å². The Balaban J connectivity index is 1.75. The van der Waals surface area contributed by atoms with Crippen molar-refractivity contribution < 1.29 is 27.4 Å². The van der Waals surface area contributed by atoms with Crippen molar-refractivity contribution >= 4 is 16.9 Å². The molecule has 0 saturated carbocycles. The Kier molecular flexibility index (Phi) is 9.38. The molecule has 0 aliphatic carbocycles. The van der Waals surface area contributed by atoms with E-state index in [1.165, 1.54) is 27.8 Å². The number of carbonyl (C=O) groups excluding carboxylic acids is 1. The van der Waals surface area contributed by atoms with Gasteiger partial charge in [0, 0.05) is 19.3 Å². The zero-order valence-corrected chi connectivity index (χ0v) is 23.0. The van der Waals surface area contributed by atoms with Crippen molar-refractivity contribution in [1.29, 1.82) is 0 Å². The van der Waals surface area contributed by atoms with Crippen LogP contribution in [0.3, 0.4) is 0 Å². The Hall–Kier alpha value is -4.25. The van der Waals surface area contributed by atoms with Crippen molar-refractivity contribution in [3.63, 3.8) is 0 Å². The molecule has 1 amide bonds. The number of hydrogen-bond acceptors (Lipinski definition) is 6. The van der Waals surface area contributed by atoms with Crippen molar-refractivity contribution in [2.75, 3.05) is 26.4 Å². The number of hydrogen-bond donors (Lipinski definition) is 0. The highest BCUT2D eigenvalue weighted by atomic mass is 19.4. The lowest BCUT2D eigenvalue weighted by Gasteiger charge is -2.30. The summed E-state index contributed by atoms with van der Waals surface area (Å²) in [5.74, 6) is 0.563. The molecular formula is C30H31F3N4O4. The first-order chi connectivity index (χ1) is 19.6. The second-order valence-corrected chi connectivity index (χ2v) is 9.24. The molecular weight excluding hydrogens is 537 g/mol. The molecule has 11 heteroatoms. The molecule has 0 aliphatic heterocycles. The number of ether oxygens (including phenoxy) is 2. The third-order valence-corrected chi connectivity index (χ3v) is 6.55. The van der Waals surface area contributed by atoms with Crippen molar-refractivity contribution in [3.05, 3.63) is 94.2 Å². The Labute approximate surface area is 235 Å². The average molecular weight is 569 g/mol. The predicted octanol–water partition coefficient (Wildman–Crippen LogP) is 5.37. The van der Waals surface area contributed by atoms with E-state index >= 15 is 0 Å². The first kappa shape index (κ1) is 29.7. The number of aromatic nitrogens is 3. The van der Waals surface area contributed by atoms with Crippen LogP contribution in [0.4, 0.5) is 13.2 Å². The largest absolute Gasteiger partial charge is 0.494 e. The highest BCUT2D eigenvalue weighted by molar-refractivity contribution is 5.79. The molecule has 0 saturated heterocycles. The Morgan fingerprint density at radius 3 is 2.37 bits per heavy atom. The van der Waals surface area contributed by atoms with E-state index in [-0.39, 0.29) is 42.5 Å². The van der Waals surface area contributed by atoms with E-state index in [2.05, 4.69) is 4.98 Å². The van der Waals surface area contributed by atoms with Gasteiger partial charge in [0.15, 0.2) is 5.65 Å². The maximum absolute atomic E-state index is 13.8. The van der Waals surface area contributed by atoms with Gasteiger partial charge in [-0.3, -0.25) is 14.2 Å². The van der Waals surface area contributed by atoms with Crippen LogP contribution >= 0.6 is 0 Å². The zero-order valence-electron chi connectivity index (χ0n) is 23.0. The molecule has 0 radical (unpaired) electrons. The van der Waals surface area contributed by atoms with Crippen LogP contribution in [-0.2, 0) is 22.1 Å². The molecule has 2 aromatic heterocycles. The van der Waals surface area contributed by atoms with Crippen LogP contribution < -0.4 is 10.3 Å². The summed E-state index contributed by atoms with van der Waals surface area (Å²) in [6.45, 7) is 6.77. The number of carbonyl (C=O) groups is 1. The van der Waals surface area contributed by atoms with E-state index in [1.807, 2.05) is 13.8 Å². The van der Waals surface area contributed by atoms with Gasteiger partial charge in [0.05, 0.1) is 42.3 Å². The monoisotopic (exact) mass is 568 g/mol. The molecule has 4 rings (SSSR count). The van der Waals surface area contributed by atoms with Gasteiger partial charge in [0.2, 0.25) is 5.91 Å². The Bertz CT molecular complexity index is 1540. The van der Waals surface area contributed by atoms with E-state index in [1.54, 1.807) is 43.3 Å². The summed E-state index contributed by atoms with van der Waals surface area (Å²) in [4.78, 5) is 37.9. The summed E-state index contributed by atoms with van der Waals surface area (Å²) >= 11 is 0. The molecule has 0 fully saturated rings. The summed E-state index contributed by atoms with van der Waals surface area (Å²) in [6, 6.07) is 14.0. The summed E-state index contributed by atoms with van der Waals surface area (Å²) in [5.41, 5.74) is 0.0465. The molecule has 1 unspecified atom stereocenters. The van der Waals surface area contributed by atoms with Crippen LogP contribution in [0.5, 0.6) is 5.75 Å². The molecule has 2 heterocycles. The Morgan fingerprint density at radius 2 is 1.73 bits per heavy atom. The number of alkyl halides is 3. The lowest BCUT2D eigenvalue weighted by atomic mass is 10.1. The van der Waals surface area contributed by atoms with Crippen molar-refractivity contribution in [2.24, 2.45) is 0 Å². The standard InChI is InChI=1S/C30H31F3N4O4/c1-4-40-18-17-36(26(38)19-21-8-10-22(11-9-21)30(31,32)33)20(3)28-35-27-25(7-6-16-34-27)29(39)37(28)23-12-14-24(15-13-23)41-5-2/h6-16,20H,4-5,17-19H2,1-3H3. The maximum atomic E-state index is 13.8. The van der Waals surface area contributed by atoms with Crippen molar-refractivity contribution in [2.45, 2.75) is 39.4 Å². The van der Waals surface area contributed by atoms with E-state index in [0.717, 1.165) is 12.1 Å². The second-order valence-electron chi connectivity index (χ2n) is 9.24. The van der Waals surface area contributed by atoms with E-state index < -0.39 is 17.8 Å². The van der Waals surface area contributed by atoms with Crippen LogP contribution in [0.2, 0.25) is 0 Å². The van der Waals surface area contributed by atoms with Crippen molar-refractivity contribution in [3.8, 4) is 11.4 Å². The summed E-state index contributed by atoms with van der Waals surface area (Å²) in [5, 5.41) is 0.314.